The Balaban J connectivity index is -0.000000126. The first-order valence-electron chi connectivity index (χ1n) is 2.82. The van der Waals surface area contributed by atoms with Crippen molar-refractivity contribution in [3.05, 3.63) is 0 Å². The number of rotatable bonds is 2. The fraction of sp³-hybridized carbons (Fsp3) is 0.600. The number of carboxylic acids is 2. The van der Waals surface area contributed by atoms with Gasteiger partial charge in [-0.3, -0.25) is 9.59 Å². The number of carboxylic acid groups (broad SMARTS) is 2. The predicted molar refractivity (Wildman–Crippen MR) is 38.0 cm³/mol. The summed E-state index contributed by atoms with van der Waals surface area (Å²) in [6.45, 7) is 1.14. The van der Waals surface area contributed by atoms with Crippen molar-refractivity contribution in [3.63, 3.8) is 0 Å². The minimum absolute atomic E-state index is 0. The first-order chi connectivity index (χ1) is 4.91. The van der Waals surface area contributed by atoms with Crippen LogP contribution in [0, 0.1) is 0 Å². The van der Waals surface area contributed by atoms with E-state index in [9.17, 15) is 9.59 Å². The molecule has 0 aromatic rings. The molecule has 0 amide bonds. The second-order valence-corrected chi connectivity index (χ2v) is 1.72. The van der Waals surface area contributed by atoms with Gasteiger partial charge in [0.2, 0.25) is 0 Å². The van der Waals surface area contributed by atoms with Crippen LogP contribution in [0.2, 0.25) is 0 Å². The molecule has 1 atom stereocenters. The molecule has 7 heteroatoms. The summed E-state index contributed by atoms with van der Waals surface area (Å²) in [5, 5.41) is 15.5. The number of aliphatic carboxylic acids is 2. The summed E-state index contributed by atoms with van der Waals surface area (Å²) in [6.07, 6.45) is 0. The monoisotopic (exact) mass is 228 g/mol. The van der Waals surface area contributed by atoms with Crippen molar-refractivity contribution >= 4 is 11.9 Å². The summed E-state index contributed by atoms with van der Waals surface area (Å²) < 4.78 is 0. The molecule has 12 heavy (non-hydrogen) atoms. The van der Waals surface area contributed by atoms with Gasteiger partial charge in [-0.05, 0) is 6.92 Å². The molecule has 0 radical (unpaired) electrons. The molecule has 0 aliphatic carbocycles. The van der Waals surface area contributed by atoms with Crippen molar-refractivity contribution in [3.8, 4) is 0 Å². The summed E-state index contributed by atoms with van der Waals surface area (Å²) >= 11 is 0. The van der Waals surface area contributed by atoms with Crippen LogP contribution in [-0.2, 0) is 29.1 Å². The zero-order valence-electron chi connectivity index (χ0n) is 6.86. The molecule has 0 saturated heterocycles. The van der Waals surface area contributed by atoms with E-state index in [0.29, 0.717) is 0 Å². The Morgan fingerprint density at radius 2 is 1.58 bits per heavy atom. The van der Waals surface area contributed by atoms with Crippen LogP contribution in [0.3, 0.4) is 0 Å². The minimum atomic E-state index is -0.968. The smallest absolute Gasteiger partial charge is 0.320 e. The van der Waals surface area contributed by atoms with E-state index in [4.69, 9.17) is 15.9 Å². The van der Waals surface area contributed by atoms with Crippen LogP contribution in [-0.4, -0.2) is 34.7 Å². The molecule has 0 unspecified atom stereocenters. The van der Waals surface area contributed by atoms with Gasteiger partial charge in [-0.1, -0.05) is 0 Å². The zero-order valence-corrected chi connectivity index (χ0v) is 9.82. The van der Waals surface area contributed by atoms with Gasteiger partial charge >= 0.3 is 11.9 Å². The number of hydrogen-bond donors (Lipinski definition) is 4. The summed E-state index contributed by atoms with van der Waals surface area (Å²) in [4.78, 5) is 18.8. The van der Waals surface area contributed by atoms with E-state index in [-0.39, 0.29) is 26.0 Å². The Hall–Kier alpha value is -0.517. The molecule has 6 N–H and O–H groups in total. The van der Waals surface area contributed by atoms with Crippen LogP contribution in [0.1, 0.15) is 6.92 Å². The maximum Gasteiger partial charge on any atom is 0.320 e. The molecule has 6 nitrogen and oxygen atoms in total. The van der Waals surface area contributed by atoms with Gasteiger partial charge in [0.1, 0.15) is 6.04 Å². The van der Waals surface area contributed by atoms with E-state index in [2.05, 4.69) is 5.73 Å². The number of carbonyl (C=O) groups is 2. The summed E-state index contributed by atoms with van der Waals surface area (Å²) in [5.41, 5.74) is 9.41. The number of hydrogen-bond acceptors (Lipinski definition) is 4. The van der Waals surface area contributed by atoms with Crippen molar-refractivity contribution in [2.75, 3.05) is 6.54 Å². The topological polar surface area (TPSA) is 127 Å². The first-order valence-corrected chi connectivity index (χ1v) is 2.82. The van der Waals surface area contributed by atoms with Crippen LogP contribution in [0.15, 0.2) is 0 Å². The van der Waals surface area contributed by atoms with E-state index in [1.165, 1.54) is 6.92 Å². The van der Waals surface area contributed by atoms with Gasteiger partial charge in [-0.25, -0.2) is 0 Å². The largest absolute Gasteiger partial charge is 0.480 e. The van der Waals surface area contributed by atoms with E-state index < -0.39 is 18.0 Å². The fourth-order valence-corrected chi connectivity index (χ4v) is 0. The molecule has 0 aliphatic heterocycles. The second-order valence-electron chi connectivity index (χ2n) is 1.72. The Labute approximate surface area is 82.7 Å². The molecular formula is C5H12N2O4Zn. The molecule has 0 aliphatic rings. The van der Waals surface area contributed by atoms with Gasteiger partial charge in [-0.2, -0.15) is 0 Å². The molecule has 68 valence electrons. The molecule has 0 saturated carbocycles. The molecule has 0 spiro atoms. The van der Waals surface area contributed by atoms with Gasteiger partial charge in [0.05, 0.1) is 6.54 Å². The second kappa shape index (κ2) is 10.5. The van der Waals surface area contributed by atoms with Gasteiger partial charge in [0, 0.05) is 19.5 Å². The Morgan fingerprint density at radius 1 is 1.42 bits per heavy atom. The van der Waals surface area contributed by atoms with E-state index >= 15 is 0 Å². The van der Waals surface area contributed by atoms with Gasteiger partial charge in [0.25, 0.3) is 0 Å². The van der Waals surface area contributed by atoms with Crippen LogP contribution >= 0.6 is 0 Å². The zero-order chi connectivity index (χ0) is 9.44. The molecule has 0 heterocycles. The average molecular weight is 230 g/mol. The fourth-order valence-electron chi connectivity index (χ4n) is 0. The molecule has 0 rings (SSSR count). The predicted octanol–water partition coefficient (Wildman–Crippen LogP) is -1.55. The van der Waals surface area contributed by atoms with Crippen LogP contribution < -0.4 is 11.5 Å². The average Bonchev–Trinajstić information content (AvgIpc) is 1.89. The van der Waals surface area contributed by atoms with Crippen LogP contribution in [0.25, 0.3) is 0 Å². The van der Waals surface area contributed by atoms with E-state index in [1.807, 2.05) is 0 Å². The first kappa shape index (κ1) is 17.5. The summed E-state index contributed by atoms with van der Waals surface area (Å²) in [5.74, 6) is -1.93. The van der Waals surface area contributed by atoms with Gasteiger partial charge in [-0.15, -0.1) is 0 Å². The SMILES string of the molecule is C[C@H](N)C(=O)O.NCC(=O)O.[Zn]. The maximum absolute atomic E-state index is 9.57. The normalized spacial score (nSPS) is 9.92. The van der Waals surface area contributed by atoms with Gasteiger partial charge < -0.3 is 21.7 Å². The van der Waals surface area contributed by atoms with Crippen molar-refractivity contribution in [2.24, 2.45) is 11.5 Å². The summed E-state index contributed by atoms with van der Waals surface area (Å²) in [6, 6.07) is -0.731. The molecule has 0 aromatic heterocycles. The Bertz CT molecular complexity index is 139. The Morgan fingerprint density at radius 3 is 1.58 bits per heavy atom. The Kier molecular flexibility index (Phi) is 15.3. The maximum atomic E-state index is 9.57. The third kappa shape index (κ3) is 22.7. The minimum Gasteiger partial charge on any atom is -0.480 e. The van der Waals surface area contributed by atoms with Crippen molar-refractivity contribution < 1.29 is 39.3 Å². The molecule has 0 fully saturated rings. The standard InChI is InChI=1S/C3H7NO2.C2H5NO2.Zn/c1-2(4)3(5)6;3-1-2(4)5;/h2H,4H2,1H3,(H,5,6);1,3H2,(H,4,5);/t2-;;/m0../s1. The van der Waals surface area contributed by atoms with E-state index in [1.54, 1.807) is 0 Å². The quantitative estimate of drug-likeness (QED) is 0.425. The number of nitrogens with two attached hydrogens (primary N) is 2. The third-order valence-electron chi connectivity index (χ3n) is 0.564. The van der Waals surface area contributed by atoms with Crippen molar-refractivity contribution in [1.82, 2.24) is 0 Å². The van der Waals surface area contributed by atoms with Gasteiger partial charge in [0.15, 0.2) is 0 Å². The van der Waals surface area contributed by atoms with Crippen molar-refractivity contribution in [1.29, 1.82) is 0 Å². The molecular weight excluding hydrogens is 217 g/mol. The molecule has 0 aromatic carbocycles. The van der Waals surface area contributed by atoms with E-state index in [0.717, 1.165) is 0 Å². The third-order valence-corrected chi connectivity index (χ3v) is 0.564. The van der Waals surface area contributed by atoms with Crippen molar-refractivity contribution in [2.45, 2.75) is 13.0 Å². The van der Waals surface area contributed by atoms with Crippen LogP contribution in [0.5, 0.6) is 0 Å². The van der Waals surface area contributed by atoms with Crippen LogP contribution in [0.4, 0.5) is 0 Å². The molecule has 0 bridgehead atoms. The summed E-state index contributed by atoms with van der Waals surface area (Å²) in [7, 11) is 0.